The molecule has 3 nitrogen and oxygen atoms in total. The molecule has 0 saturated heterocycles. The fourth-order valence-electron chi connectivity index (χ4n) is 1.19. The Bertz CT molecular complexity index is 407. The molecular weight excluding hydrogens is 385 g/mol. The summed E-state index contributed by atoms with van der Waals surface area (Å²) in [6.45, 7) is -1.32. The lowest BCUT2D eigenvalue weighted by atomic mass is 10.0. The lowest BCUT2D eigenvalue weighted by Gasteiger charge is -2.23. The number of rotatable bonds is 3. The predicted octanol–water partition coefficient (Wildman–Crippen LogP) is 2.84. The van der Waals surface area contributed by atoms with Crippen LogP contribution in [-0.2, 0) is 0 Å². The van der Waals surface area contributed by atoms with Crippen LogP contribution in [0.1, 0.15) is 11.6 Å². The Labute approximate surface area is 120 Å². The minimum atomic E-state index is -3.41. The summed E-state index contributed by atoms with van der Waals surface area (Å²) in [7, 11) is 0. The highest BCUT2D eigenvalue weighted by atomic mass is 79.9. The van der Waals surface area contributed by atoms with Gasteiger partial charge in [-0.2, -0.15) is 0 Å². The summed E-state index contributed by atoms with van der Waals surface area (Å²) in [6.07, 6.45) is 0. The molecule has 0 aliphatic heterocycles. The molecule has 1 atom stereocenters. The van der Waals surface area contributed by atoms with Crippen LogP contribution >= 0.6 is 44.3 Å². The van der Waals surface area contributed by atoms with Crippen molar-refractivity contribution in [2.24, 2.45) is 5.73 Å². The van der Waals surface area contributed by atoms with Gasteiger partial charge in [-0.3, -0.25) is 0 Å². The summed E-state index contributed by atoms with van der Waals surface area (Å²) >= 11 is 6.29. The molecule has 1 rings (SSSR count). The average molecular weight is 396 g/mol. The van der Waals surface area contributed by atoms with E-state index >= 15 is 0 Å². The number of aliphatic hydroxyl groups is 1. The Kier molecular flexibility index (Phi) is 6.30. The van der Waals surface area contributed by atoms with Crippen molar-refractivity contribution in [2.45, 2.75) is 12.0 Å². The number of anilines is 1. The summed E-state index contributed by atoms with van der Waals surface area (Å²) in [6, 6.07) is 1.39. The van der Waals surface area contributed by atoms with Crippen LogP contribution in [0.25, 0.3) is 0 Å². The number of hydrogen-bond acceptors (Lipinski definition) is 3. The van der Waals surface area contributed by atoms with Crippen molar-refractivity contribution in [2.75, 3.05) is 12.3 Å². The van der Waals surface area contributed by atoms with Gasteiger partial charge in [-0.25, -0.2) is 8.78 Å². The van der Waals surface area contributed by atoms with E-state index in [2.05, 4.69) is 31.9 Å². The SMILES string of the molecule is Cl.Nc1c(Br)cc(Br)cc1[C@@H](N)C(F)(F)CO. The molecule has 0 amide bonds. The number of halogens is 5. The second kappa shape index (κ2) is 6.29. The van der Waals surface area contributed by atoms with Gasteiger partial charge in [0.05, 0.1) is 11.7 Å². The highest BCUT2D eigenvalue weighted by Crippen LogP contribution is 2.37. The lowest BCUT2D eigenvalue weighted by Crippen LogP contribution is -2.36. The first-order valence-corrected chi connectivity index (χ1v) is 5.87. The highest BCUT2D eigenvalue weighted by molar-refractivity contribution is 9.11. The van der Waals surface area contributed by atoms with Gasteiger partial charge in [0.1, 0.15) is 6.61 Å². The third kappa shape index (κ3) is 3.75. The molecule has 0 saturated carbocycles. The molecule has 0 bridgehead atoms. The van der Waals surface area contributed by atoms with Gasteiger partial charge >= 0.3 is 0 Å². The van der Waals surface area contributed by atoms with Gasteiger partial charge in [-0.15, -0.1) is 12.4 Å². The van der Waals surface area contributed by atoms with E-state index in [1.165, 1.54) is 6.07 Å². The van der Waals surface area contributed by atoms with Crippen molar-refractivity contribution in [1.29, 1.82) is 0 Å². The molecule has 0 heterocycles. The molecule has 5 N–H and O–H groups in total. The van der Waals surface area contributed by atoms with E-state index in [4.69, 9.17) is 16.6 Å². The first-order valence-electron chi connectivity index (χ1n) is 4.28. The minimum absolute atomic E-state index is 0. The maximum Gasteiger partial charge on any atom is 0.289 e. The van der Waals surface area contributed by atoms with Crippen molar-refractivity contribution >= 4 is 50.0 Å². The van der Waals surface area contributed by atoms with Crippen LogP contribution in [0.4, 0.5) is 14.5 Å². The van der Waals surface area contributed by atoms with Crippen LogP contribution in [0.2, 0.25) is 0 Å². The maximum absolute atomic E-state index is 13.2. The number of hydrogen-bond donors (Lipinski definition) is 3. The zero-order valence-corrected chi connectivity index (χ0v) is 12.4. The fraction of sp³-hybridized carbons (Fsp3) is 0.333. The first kappa shape index (κ1) is 17.1. The van der Waals surface area contributed by atoms with Gasteiger partial charge < -0.3 is 16.6 Å². The molecule has 0 unspecified atom stereocenters. The number of nitrogens with two attached hydrogens (primary N) is 2. The summed E-state index contributed by atoms with van der Waals surface area (Å²) < 4.78 is 27.5. The van der Waals surface area contributed by atoms with E-state index in [0.717, 1.165) is 0 Å². The summed E-state index contributed by atoms with van der Waals surface area (Å²) in [5.74, 6) is -3.41. The Morgan fingerprint density at radius 2 is 1.88 bits per heavy atom. The van der Waals surface area contributed by atoms with Crippen molar-refractivity contribution in [3.8, 4) is 0 Å². The van der Waals surface area contributed by atoms with E-state index in [0.29, 0.717) is 8.95 Å². The Hall–Kier alpha value is 0.0500. The number of aliphatic hydroxyl groups excluding tert-OH is 1. The molecule has 0 aliphatic carbocycles. The summed E-state index contributed by atoms with van der Waals surface area (Å²) in [4.78, 5) is 0. The second-order valence-electron chi connectivity index (χ2n) is 3.29. The standard InChI is InChI=1S/C9H10Br2F2N2O.ClH/c10-4-1-5(7(14)6(11)2-4)8(15)9(12,13)3-16;/h1-2,8,16H,3,14-15H2;1H/t8-;/m1./s1. The molecule has 0 aromatic heterocycles. The third-order valence-electron chi connectivity index (χ3n) is 2.13. The van der Waals surface area contributed by atoms with Gasteiger partial charge in [0.25, 0.3) is 5.92 Å². The molecule has 0 aliphatic rings. The smallest absolute Gasteiger partial charge is 0.289 e. The largest absolute Gasteiger partial charge is 0.398 e. The summed E-state index contributed by atoms with van der Waals surface area (Å²) in [5.41, 5.74) is 11.3. The molecular formula is C9H11Br2ClF2N2O. The predicted molar refractivity (Wildman–Crippen MR) is 72.5 cm³/mol. The van der Waals surface area contributed by atoms with Crippen molar-refractivity contribution < 1.29 is 13.9 Å². The topological polar surface area (TPSA) is 72.3 Å². The Morgan fingerprint density at radius 3 is 2.35 bits per heavy atom. The molecule has 0 spiro atoms. The van der Waals surface area contributed by atoms with Crippen LogP contribution in [0.15, 0.2) is 21.1 Å². The maximum atomic E-state index is 13.2. The van der Waals surface area contributed by atoms with Gasteiger partial charge in [-0.05, 0) is 28.1 Å². The summed E-state index contributed by atoms with van der Waals surface area (Å²) in [5, 5.41) is 8.56. The van der Waals surface area contributed by atoms with Gasteiger partial charge in [0.15, 0.2) is 0 Å². The molecule has 0 radical (unpaired) electrons. The number of alkyl halides is 2. The van der Waals surface area contributed by atoms with Crippen LogP contribution in [0.3, 0.4) is 0 Å². The molecule has 1 aromatic carbocycles. The molecule has 8 heteroatoms. The zero-order valence-electron chi connectivity index (χ0n) is 8.46. The highest BCUT2D eigenvalue weighted by Gasteiger charge is 2.38. The van der Waals surface area contributed by atoms with E-state index in [1.54, 1.807) is 6.07 Å². The van der Waals surface area contributed by atoms with Crippen molar-refractivity contribution in [3.05, 3.63) is 26.6 Å². The van der Waals surface area contributed by atoms with Gasteiger partial charge in [0, 0.05) is 14.5 Å². The Balaban J connectivity index is 0.00000256. The third-order valence-corrected chi connectivity index (χ3v) is 3.24. The zero-order chi connectivity index (χ0) is 12.5. The van der Waals surface area contributed by atoms with Crippen molar-refractivity contribution in [1.82, 2.24) is 0 Å². The van der Waals surface area contributed by atoms with Gasteiger partial charge in [-0.1, -0.05) is 15.9 Å². The van der Waals surface area contributed by atoms with Crippen LogP contribution in [0.5, 0.6) is 0 Å². The first-order chi connectivity index (χ1) is 7.29. The monoisotopic (exact) mass is 394 g/mol. The van der Waals surface area contributed by atoms with Crippen LogP contribution in [0, 0.1) is 0 Å². The van der Waals surface area contributed by atoms with Crippen LogP contribution in [-0.4, -0.2) is 17.6 Å². The molecule has 1 aromatic rings. The minimum Gasteiger partial charge on any atom is -0.398 e. The molecule has 98 valence electrons. The number of benzene rings is 1. The van der Waals surface area contributed by atoms with E-state index in [9.17, 15) is 8.78 Å². The van der Waals surface area contributed by atoms with E-state index < -0.39 is 18.6 Å². The van der Waals surface area contributed by atoms with Crippen molar-refractivity contribution in [3.63, 3.8) is 0 Å². The average Bonchev–Trinajstić information content (AvgIpc) is 2.22. The van der Waals surface area contributed by atoms with Crippen LogP contribution < -0.4 is 11.5 Å². The van der Waals surface area contributed by atoms with E-state index in [-0.39, 0.29) is 23.7 Å². The quantitative estimate of drug-likeness (QED) is 0.688. The Morgan fingerprint density at radius 1 is 1.35 bits per heavy atom. The second-order valence-corrected chi connectivity index (χ2v) is 5.06. The fourth-order valence-corrected chi connectivity index (χ4v) is 2.45. The normalized spacial score (nSPS) is 13.1. The van der Waals surface area contributed by atoms with Gasteiger partial charge in [0.2, 0.25) is 0 Å². The molecule has 17 heavy (non-hydrogen) atoms. The molecule has 0 fully saturated rings. The van der Waals surface area contributed by atoms with E-state index in [1.807, 2.05) is 0 Å². The number of nitrogen functional groups attached to an aromatic ring is 1. The lowest BCUT2D eigenvalue weighted by molar-refractivity contribution is -0.0710.